The maximum Gasteiger partial charge on any atom is 0.277 e. The van der Waals surface area contributed by atoms with Gasteiger partial charge in [0.1, 0.15) is 11.5 Å². The number of halogens is 2. The molecule has 2 aromatic carbocycles. The minimum Gasteiger partial charge on any atom is -0.484 e. The lowest BCUT2D eigenvalue weighted by molar-refractivity contribution is -0.123. The minimum atomic E-state index is -0.456. The Hall–Kier alpha value is -3.10. The number of aryl methyl sites for hydroxylation is 2. The molecule has 30 heavy (non-hydrogen) atoms. The van der Waals surface area contributed by atoms with Gasteiger partial charge in [-0.2, -0.15) is 10.2 Å². The van der Waals surface area contributed by atoms with E-state index < -0.39 is 11.8 Å². The van der Waals surface area contributed by atoms with Crippen molar-refractivity contribution in [2.24, 2.45) is 10.2 Å². The highest BCUT2D eigenvalue weighted by Crippen LogP contribution is 2.21. The Labute approximate surface area is 183 Å². The van der Waals surface area contributed by atoms with Crippen molar-refractivity contribution in [3.63, 3.8) is 0 Å². The number of carbonyl (C=O) groups excluding carboxylic acids is 2. The molecule has 0 atom stereocenters. The van der Waals surface area contributed by atoms with Crippen LogP contribution in [0.2, 0.25) is 10.0 Å². The molecule has 0 saturated heterocycles. The Kier molecular flexibility index (Phi) is 9.11. The van der Waals surface area contributed by atoms with Crippen LogP contribution < -0.4 is 20.3 Å². The van der Waals surface area contributed by atoms with Crippen molar-refractivity contribution in [2.75, 3.05) is 13.2 Å². The van der Waals surface area contributed by atoms with Crippen molar-refractivity contribution in [1.29, 1.82) is 0 Å². The molecular weight excluding hydrogens is 431 g/mol. The molecule has 0 spiro atoms. The average molecular weight is 451 g/mol. The second kappa shape index (κ2) is 11.8. The number of ether oxygens (including phenoxy) is 2. The van der Waals surface area contributed by atoms with Crippen LogP contribution in [0.25, 0.3) is 0 Å². The molecule has 2 rings (SSSR count). The van der Waals surface area contributed by atoms with Gasteiger partial charge in [0.05, 0.1) is 12.4 Å². The van der Waals surface area contributed by atoms with Gasteiger partial charge in [0.15, 0.2) is 13.2 Å². The van der Waals surface area contributed by atoms with Gasteiger partial charge in [-0.05, 0) is 61.4 Å². The second-order valence-corrected chi connectivity index (χ2v) is 6.84. The fourth-order valence-corrected chi connectivity index (χ4v) is 2.30. The number of rotatable bonds is 9. The monoisotopic (exact) mass is 450 g/mol. The first-order chi connectivity index (χ1) is 14.3. The highest BCUT2D eigenvalue weighted by molar-refractivity contribution is 6.31. The van der Waals surface area contributed by atoms with Crippen LogP contribution in [0.4, 0.5) is 0 Å². The Morgan fingerprint density at radius 1 is 0.833 bits per heavy atom. The molecule has 2 amide bonds. The van der Waals surface area contributed by atoms with E-state index in [9.17, 15) is 9.59 Å². The van der Waals surface area contributed by atoms with Crippen LogP contribution in [0.5, 0.6) is 11.5 Å². The molecule has 2 aromatic rings. The first-order valence-electron chi connectivity index (χ1n) is 8.75. The Morgan fingerprint density at radius 3 is 1.60 bits per heavy atom. The Morgan fingerprint density at radius 2 is 1.23 bits per heavy atom. The zero-order valence-corrected chi connectivity index (χ0v) is 17.8. The summed E-state index contributed by atoms with van der Waals surface area (Å²) in [6.45, 7) is 3.24. The zero-order valence-electron chi connectivity index (χ0n) is 16.3. The summed E-state index contributed by atoms with van der Waals surface area (Å²) < 4.78 is 10.7. The number of nitrogens with one attached hydrogen (secondary N) is 2. The van der Waals surface area contributed by atoms with Crippen LogP contribution in [0.3, 0.4) is 0 Å². The van der Waals surface area contributed by atoms with Crippen LogP contribution in [-0.4, -0.2) is 37.5 Å². The molecule has 8 nitrogen and oxygen atoms in total. The molecule has 0 aromatic heterocycles. The normalized spacial score (nSPS) is 10.9. The van der Waals surface area contributed by atoms with E-state index in [1.807, 2.05) is 13.8 Å². The number of benzene rings is 2. The lowest BCUT2D eigenvalue weighted by atomic mass is 10.2. The third-order valence-electron chi connectivity index (χ3n) is 3.59. The average Bonchev–Trinajstić information content (AvgIpc) is 2.72. The van der Waals surface area contributed by atoms with E-state index in [0.717, 1.165) is 11.1 Å². The van der Waals surface area contributed by atoms with Gasteiger partial charge in [-0.15, -0.1) is 0 Å². The third kappa shape index (κ3) is 8.10. The van der Waals surface area contributed by atoms with Gasteiger partial charge >= 0.3 is 0 Å². The zero-order chi connectivity index (χ0) is 21.9. The van der Waals surface area contributed by atoms with E-state index in [1.165, 1.54) is 12.4 Å². The van der Waals surface area contributed by atoms with E-state index in [-0.39, 0.29) is 13.2 Å². The van der Waals surface area contributed by atoms with Gasteiger partial charge < -0.3 is 9.47 Å². The second-order valence-electron chi connectivity index (χ2n) is 6.03. The maximum atomic E-state index is 11.7. The fourth-order valence-electron chi connectivity index (χ4n) is 2.06. The number of nitrogens with zero attached hydrogens (tertiary/aromatic N) is 2. The lowest BCUT2D eigenvalue weighted by Gasteiger charge is -2.06. The van der Waals surface area contributed by atoms with E-state index in [1.54, 1.807) is 36.4 Å². The van der Waals surface area contributed by atoms with E-state index >= 15 is 0 Å². The highest BCUT2D eigenvalue weighted by Gasteiger charge is 2.04. The number of hydrazone groups is 2. The molecule has 0 aliphatic carbocycles. The fraction of sp³-hybridized carbons (Fsp3) is 0.200. The largest absolute Gasteiger partial charge is 0.484 e. The predicted molar refractivity (Wildman–Crippen MR) is 117 cm³/mol. The first kappa shape index (κ1) is 23.2. The predicted octanol–water partition coefficient (Wildman–Crippen LogP) is 3.27. The molecule has 2 N–H and O–H groups in total. The highest BCUT2D eigenvalue weighted by atomic mass is 35.5. The van der Waals surface area contributed by atoms with Crippen molar-refractivity contribution in [2.45, 2.75) is 13.8 Å². The maximum absolute atomic E-state index is 11.7. The van der Waals surface area contributed by atoms with Gasteiger partial charge in [0.25, 0.3) is 11.8 Å². The topological polar surface area (TPSA) is 101 Å². The Bertz CT molecular complexity index is 886. The summed E-state index contributed by atoms with van der Waals surface area (Å²) in [6, 6.07) is 10.2. The van der Waals surface area contributed by atoms with Crippen molar-refractivity contribution in [3.8, 4) is 11.5 Å². The molecule has 10 heteroatoms. The lowest BCUT2D eigenvalue weighted by Crippen LogP contribution is -2.25. The SMILES string of the molecule is Cc1cc(OCC(=O)N/N=C\C=N\NC(=O)COc2ccc(Cl)c(C)c2)ccc1Cl. The van der Waals surface area contributed by atoms with Gasteiger partial charge in [0.2, 0.25) is 0 Å². The van der Waals surface area contributed by atoms with Crippen LogP contribution in [0, 0.1) is 13.8 Å². The summed E-state index contributed by atoms with van der Waals surface area (Å²) in [7, 11) is 0. The third-order valence-corrected chi connectivity index (χ3v) is 4.44. The number of amides is 2. The summed E-state index contributed by atoms with van der Waals surface area (Å²) in [5.41, 5.74) is 6.22. The molecular formula is C20H20Cl2N4O4. The van der Waals surface area contributed by atoms with Crippen LogP contribution in [0.15, 0.2) is 46.6 Å². The standard InChI is InChI=1S/C20H20Cl2N4O4/c1-13-9-15(3-5-17(13)21)29-11-19(27)25-23-7-8-24-26-20(28)12-30-16-4-6-18(22)14(2)10-16/h3-10H,11-12H2,1-2H3,(H,25,27)(H,26,28)/b23-7-,24-8+. The van der Waals surface area contributed by atoms with Crippen molar-refractivity contribution in [3.05, 3.63) is 57.6 Å². The quantitative estimate of drug-likeness (QED) is 0.451. The first-order valence-corrected chi connectivity index (χ1v) is 9.51. The number of hydrogen-bond acceptors (Lipinski definition) is 6. The van der Waals surface area contributed by atoms with Gasteiger partial charge in [-0.25, -0.2) is 10.9 Å². The van der Waals surface area contributed by atoms with Crippen molar-refractivity contribution >= 4 is 47.4 Å². The summed E-state index contributed by atoms with van der Waals surface area (Å²) >= 11 is 11.9. The van der Waals surface area contributed by atoms with E-state index in [0.29, 0.717) is 21.5 Å². The molecule has 158 valence electrons. The van der Waals surface area contributed by atoms with Crippen LogP contribution in [-0.2, 0) is 9.59 Å². The van der Waals surface area contributed by atoms with E-state index in [4.69, 9.17) is 32.7 Å². The van der Waals surface area contributed by atoms with Gasteiger partial charge in [0, 0.05) is 10.0 Å². The van der Waals surface area contributed by atoms with Gasteiger partial charge in [-0.1, -0.05) is 23.2 Å². The Balaban J connectivity index is 1.63. The summed E-state index contributed by atoms with van der Waals surface area (Å²) in [5, 5.41) is 8.55. The minimum absolute atomic E-state index is 0.214. The molecule has 0 radical (unpaired) electrons. The molecule has 0 fully saturated rings. The summed E-state index contributed by atoms with van der Waals surface area (Å²) in [5.74, 6) is 0.137. The smallest absolute Gasteiger partial charge is 0.277 e. The molecule has 0 aliphatic rings. The number of hydrogen-bond donors (Lipinski definition) is 2. The van der Waals surface area contributed by atoms with Crippen LogP contribution in [0.1, 0.15) is 11.1 Å². The molecule has 0 saturated carbocycles. The van der Waals surface area contributed by atoms with Crippen molar-refractivity contribution in [1.82, 2.24) is 10.9 Å². The van der Waals surface area contributed by atoms with Crippen molar-refractivity contribution < 1.29 is 19.1 Å². The molecule has 0 unspecified atom stereocenters. The molecule has 0 heterocycles. The summed E-state index contributed by atoms with van der Waals surface area (Å²) in [6.07, 6.45) is 2.40. The van der Waals surface area contributed by atoms with Crippen LogP contribution >= 0.6 is 23.2 Å². The van der Waals surface area contributed by atoms with Gasteiger partial charge in [-0.3, -0.25) is 9.59 Å². The number of carbonyl (C=O) groups is 2. The molecule has 0 aliphatic heterocycles. The van der Waals surface area contributed by atoms with E-state index in [2.05, 4.69) is 21.1 Å². The molecule has 0 bridgehead atoms. The summed E-state index contributed by atoms with van der Waals surface area (Å²) in [4.78, 5) is 23.3.